The molecule has 0 aromatic heterocycles. The van der Waals surface area contributed by atoms with Gasteiger partial charge in [-0.3, -0.25) is 29.6 Å². The molecule has 3 amide bonds. The Balaban J connectivity index is 1.58. The van der Waals surface area contributed by atoms with E-state index in [1.165, 1.54) is 24.3 Å². The molecule has 0 aliphatic carbocycles. The lowest BCUT2D eigenvalue weighted by molar-refractivity contribution is -0.137. The Hall–Kier alpha value is -5.50. The molecule has 0 radical (unpaired) electrons. The van der Waals surface area contributed by atoms with Gasteiger partial charge in [0.1, 0.15) is 17.5 Å². The third-order valence-corrected chi connectivity index (χ3v) is 9.99. The molecule has 4 rings (SSSR count). The van der Waals surface area contributed by atoms with Crippen LogP contribution in [0, 0.1) is 0 Å². The van der Waals surface area contributed by atoms with Crippen molar-refractivity contribution in [1.82, 2.24) is 15.5 Å². The smallest absolute Gasteiger partial charge is 0.249 e. The second-order valence-corrected chi connectivity index (χ2v) is 14.3. The Kier molecular flexibility index (Phi) is 17.1. The van der Waals surface area contributed by atoms with E-state index in [2.05, 4.69) is 57.8 Å². The maximum Gasteiger partial charge on any atom is 0.249 e. The minimum atomic E-state index is -1.15. The maximum atomic E-state index is 14.4. The van der Waals surface area contributed by atoms with Gasteiger partial charge < -0.3 is 38.5 Å². The molecule has 0 heterocycles. The fraction of sp³-hybridized carbons (Fsp3) is 0.395. The van der Waals surface area contributed by atoms with Gasteiger partial charge in [-0.1, -0.05) is 79.9 Å². The summed E-state index contributed by atoms with van der Waals surface area (Å²) in [5.74, 6) is -1.49. The van der Waals surface area contributed by atoms with Crippen molar-refractivity contribution < 1.29 is 24.6 Å². The topological polar surface area (TPSA) is 235 Å². The summed E-state index contributed by atoms with van der Waals surface area (Å²) in [4.78, 5) is 48.2. The minimum Gasteiger partial charge on any atom is -0.508 e. The summed E-state index contributed by atoms with van der Waals surface area (Å²) >= 11 is 0. The fourth-order valence-electron chi connectivity index (χ4n) is 6.80. The average Bonchev–Trinajstić information content (AvgIpc) is 3.18. The summed E-state index contributed by atoms with van der Waals surface area (Å²) in [5.41, 5.74) is 25.6. The number of imide groups is 1. The normalized spacial score (nSPS) is 13.4. The first-order valence-corrected chi connectivity index (χ1v) is 19.4. The molecule has 0 spiro atoms. The van der Waals surface area contributed by atoms with E-state index in [0.29, 0.717) is 44.5 Å². The number of guanidine groups is 1. The average molecular weight is 767 g/mol. The summed E-state index contributed by atoms with van der Waals surface area (Å²) in [6, 6.07) is 24.1. The Morgan fingerprint density at radius 1 is 0.732 bits per heavy atom. The zero-order valence-electron chi connectivity index (χ0n) is 32.3. The Morgan fingerprint density at radius 3 is 2.00 bits per heavy atom. The number of hydrogen-bond acceptors (Lipinski definition) is 9. The number of unbranched alkanes of at least 4 members (excludes halogenated alkanes) is 4. The highest BCUT2D eigenvalue weighted by molar-refractivity contribution is 6.01. The van der Waals surface area contributed by atoms with Crippen LogP contribution >= 0.6 is 0 Å². The number of carbonyl (C=O) groups is 3. The number of benzene rings is 4. The molecular weight excluding hydrogens is 709 g/mol. The number of aliphatic imine (C=N–C) groups is 1. The molecule has 4 atom stereocenters. The lowest BCUT2D eigenvalue weighted by atomic mass is 9.97. The fourth-order valence-corrected chi connectivity index (χ4v) is 6.80. The number of phenolic OH excluding ortho intramolecular Hbond substituents is 2. The summed E-state index contributed by atoms with van der Waals surface area (Å²) in [5, 5.41) is 27.1. The first-order valence-electron chi connectivity index (χ1n) is 19.4. The Morgan fingerprint density at radius 2 is 1.36 bits per heavy atom. The van der Waals surface area contributed by atoms with Gasteiger partial charge in [-0.15, -0.1) is 0 Å². The molecule has 0 saturated carbocycles. The number of fused-ring (bicyclic) bond motifs is 1. The van der Waals surface area contributed by atoms with Crippen molar-refractivity contribution in [1.29, 1.82) is 0 Å². The van der Waals surface area contributed by atoms with E-state index in [0.717, 1.165) is 47.6 Å². The van der Waals surface area contributed by atoms with Crippen LogP contribution in [0.15, 0.2) is 96.0 Å². The Labute approximate surface area is 329 Å². The molecule has 0 saturated heterocycles. The van der Waals surface area contributed by atoms with Crippen LogP contribution in [-0.2, 0) is 27.2 Å². The lowest BCUT2D eigenvalue weighted by Crippen LogP contribution is -2.56. The van der Waals surface area contributed by atoms with Crippen molar-refractivity contribution >= 4 is 34.5 Å². The predicted molar refractivity (Wildman–Crippen MR) is 222 cm³/mol. The van der Waals surface area contributed by atoms with Gasteiger partial charge in [0.15, 0.2) is 5.96 Å². The van der Waals surface area contributed by atoms with Crippen LogP contribution in [0.5, 0.6) is 11.5 Å². The van der Waals surface area contributed by atoms with Gasteiger partial charge >= 0.3 is 0 Å². The quantitative estimate of drug-likeness (QED) is 0.0327. The number of hydrogen-bond donors (Lipinski definition) is 8. The van der Waals surface area contributed by atoms with E-state index in [1.807, 2.05) is 12.1 Å². The van der Waals surface area contributed by atoms with Gasteiger partial charge in [0.25, 0.3) is 0 Å². The second kappa shape index (κ2) is 22.2. The first kappa shape index (κ1) is 43.2. The highest BCUT2D eigenvalue weighted by Crippen LogP contribution is 2.29. The van der Waals surface area contributed by atoms with Gasteiger partial charge in [0, 0.05) is 19.0 Å². The van der Waals surface area contributed by atoms with Crippen molar-refractivity contribution in [3.63, 3.8) is 0 Å². The van der Waals surface area contributed by atoms with Crippen molar-refractivity contribution in [3.05, 3.63) is 108 Å². The largest absolute Gasteiger partial charge is 0.508 e. The van der Waals surface area contributed by atoms with Gasteiger partial charge in [-0.25, -0.2) is 0 Å². The zero-order valence-corrected chi connectivity index (χ0v) is 32.3. The van der Waals surface area contributed by atoms with Gasteiger partial charge in [0.2, 0.25) is 17.7 Å². The number of aromatic hydroxyl groups is 2. The third kappa shape index (κ3) is 13.7. The minimum absolute atomic E-state index is 0.0476. The van der Waals surface area contributed by atoms with Crippen molar-refractivity contribution in [3.8, 4) is 11.5 Å². The van der Waals surface area contributed by atoms with Gasteiger partial charge in [0.05, 0.1) is 12.1 Å². The molecular formula is C43H58N8O5. The number of carbonyl (C=O) groups excluding carboxylic acids is 3. The maximum absolute atomic E-state index is 14.4. The van der Waals surface area contributed by atoms with Crippen LogP contribution in [-0.4, -0.2) is 76.6 Å². The van der Waals surface area contributed by atoms with E-state index in [4.69, 9.17) is 22.9 Å². The van der Waals surface area contributed by atoms with Crippen LogP contribution in [0.25, 0.3) is 10.8 Å². The monoisotopic (exact) mass is 766 g/mol. The summed E-state index contributed by atoms with van der Waals surface area (Å²) in [6.45, 7) is 3.69. The standard InChI is InChI=1S/C43H58N8O5/c1-29(33-18-17-32-10-4-5-11-34(32)28-33)51(25-9-3-2-8-24-48-43(46)47)39(12-6-7-23-44)42(56)50-41(55)38(27-31-15-21-36(53)22-16-31)49-40(54)37(45)26-30-13-19-35(52)20-14-30/h4-5,10-11,13-22,28-29,37-39,52-53H,2-3,6-9,12,23-27,44-45H2,1H3,(H,49,54)(H4,46,47,48)(H,50,55,56)/t29?,37-,38-,39+/m0/s1. The summed E-state index contributed by atoms with van der Waals surface area (Å²) in [6.07, 6.45) is 5.48. The molecule has 12 N–H and O–H groups in total. The molecule has 4 aromatic rings. The van der Waals surface area contributed by atoms with E-state index >= 15 is 0 Å². The summed E-state index contributed by atoms with van der Waals surface area (Å²) < 4.78 is 0. The first-order chi connectivity index (χ1) is 26.9. The van der Waals surface area contributed by atoms with E-state index in [9.17, 15) is 24.6 Å². The molecule has 0 aliphatic rings. The van der Waals surface area contributed by atoms with Gasteiger partial charge in [-0.2, -0.15) is 0 Å². The van der Waals surface area contributed by atoms with Crippen molar-refractivity contribution in [2.45, 2.75) is 88.9 Å². The molecule has 13 heteroatoms. The predicted octanol–water partition coefficient (Wildman–Crippen LogP) is 3.89. The third-order valence-electron chi connectivity index (χ3n) is 9.99. The molecule has 56 heavy (non-hydrogen) atoms. The number of nitrogens with two attached hydrogens (primary N) is 4. The zero-order chi connectivity index (χ0) is 40.5. The molecule has 0 fully saturated rings. The highest BCUT2D eigenvalue weighted by Gasteiger charge is 2.33. The molecule has 4 aromatic carbocycles. The van der Waals surface area contributed by atoms with E-state index in [1.54, 1.807) is 24.3 Å². The van der Waals surface area contributed by atoms with Crippen LogP contribution in [0.3, 0.4) is 0 Å². The van der Waals surface area contributed by atoms with Crippen LogP contribution < -0.4 is 33.6 Å². The van der Waals surface area contributed by atoms with Crippen LogP contribution in [0.2, 0.25) is 0 Å². The van der Waals surface area contributed by atoms with Gasteiger partial charge in [-0.05, 0) is 110 Å². The lowest BCUT2D eigenvalue weighted by Gasteiger charge is -2.36. The molecule has 1 unspecified atom stereocenters. The Bertz CT molecular complexity index is 1880. The van der Waals surface area contributed by atoms with Crippen molar-refractivity contribution in [2.24, 2.45) is 27.9 Å². The molecule has 13 nitrogen and oxygen atoms in total. The van der Waals surface area contributed by atoms with Crippen LogP contribution in [0.4, 0.5) is 0 Å². The molecule has 0 aliphatic heterocycles. The second-order valence-electron chi connectivity index (χ2n) is 14.3. The molecule has 300 valence electrons. The number of nitrogens with one attached hydrogen (secondary N) is 2. The molecule has 0 bridgehead atoms. The van der Waals surface area contributed by atoms with Crippen molar-refractivity contribution in [2.75, 3.05) is 19.6 Å². The number of nitrogens with zero attached hydrogens (tertiary/aromatic N) is 2. The number of rotatable bonds is 22. The summed E-state index contributed by atoms with van der Waals surface area (Å²) in [7, 11) is 0. The highest BCUT2D eigenvalue weighted by atomic mass is 16.3. The van der Waals surface area contributed by atoms with E-state index < -0.39 is 35.8 Å². The van der Waals surface area contributed by atoms with Crippen LogP contribution in [0.1, 0.15) is 74.6 Å². The van der Waals surface area contributed by atoms with E-state index in [-0.39, 0.29) is 36.3 Å². The number of amides is 3. The SMILES string of the molecule is CC(c1ccc2ccccc2c1)N(CCCCCCN=C(N)N)[C@H](CCCCN)C(=O)NC(=O)[C@H](Cc1ccc(O)cc1)NC(=O)[C@@H](N)Cc1ccc(O)cc1. The number of phenols is 2.